The average molecular weight is 465 g/mol. The molecule has 0 spiro atoms. The molecule has 3 aromatic rings. The predicted octanol–water partition coefficient (Wildman–Crippen LogP) is 5.06. The zero-order chi connectivity index (χ0) is 24.5. The van der Waals surface area contributed by atoms with Crippen LogP contribution in [0.4, 0.5) is 30.2 Å². The number of hydrogen-bond acceptors (Lipinski definition) is 4. The second kappa shape index (κ2) is 8.86. The Morgan fingerprint density at radius 3 is 2.12 bits per heavy atom. The van der Waals surface area contributed by atoms with Gasteiger partial charge in [-0.1, -0.05) is 36.4 Å². The number of hydrogen-bond donors (Lipinski definition) is 2. The first kappa shape index (κ1) is 22.8. The van der Waals surface area contributed by atoms with E-state index >= 15 is 0 Å². The third-order valence-corrected chi connectivity index (χ3v) is 5.05. The molecular formula is C25H18F3N3O3. The van der Waals surface area contributed by atoms with E-state index in [1.54, 1.807) is 30.3 Å². The van der Waals surface area contributed by atoms with E-state index < -0.39 is 23.6 Å². The fraction of sp³-hybridized carbons (Fsp3) is 0.0800. The van der Waals surface area contributed by atoms with E-state index in [0.29, 0.717) is 11.3 Å². The SMILES string of the molecule is CC(=O)Nc1ccc(N2C(=O)C(Nc3cccc(C(F)(F)F)c3)=C(c3ccccc3)C2=O)cc1. The summed E-state index contributed by atoms with van der Waals surface area (Å²) in [5.41, 5.74) is 0.194. The third kappa shape index (κ3) is 4.54. The van der Waals surface area contributed by atoms with Gasteiger partial charge in [0.1, 0.15) is 5.70 Å². The predicted molar refractivity (Wildman–Crippen MR) is 122 cm³/mol. The van der Waals surface area contributed by atoms with Gasteiger partial charge in [0.2, 0.25) is 5.91 Å². The van der Waals surface area contributed by atoms with Gasteiger partial charge in [-0.15, -0.1) is 0 Å². The summed E-state index contributed by atoms with van der Waals surface area (Å²) in [6.07, 6.45) is -4.56. The number of amides is 3. The topological polar surface area (TPSA) is 78.5 Å². The first-order valence-corrected chi connectivity index (χ1v) is 10.2. The Morgan fingerprint density at radius 2 is 1.50 bits per heavy atom. The summed E-state index contributed by atoms with van der Waals surface area (Å²) < 4.78 is 39.5. The fourth-order valence-electron chi connectivity index (χ4n) is 3.57. The molecule has 6 nitrogen and oxygen atoms in total. The zero-order valence-electron chi connectivity index (χ0n) is 17.8. The highest BCUT2D eigenvalue weighted by Crippen LogP contribution is 2.35. The van der Waals surface area contributed by atoms with Crippen LogP contribution in [-0.2, 0) is 20.6 Å². The lowest BCUT2D eigenvalue weighted by Gasteiger charge is -2.16. The van der Waals surface area contributed by atoms with Crippen LogP contribution >= 0.6 is 0 Å². The van der Waals surface area contributed by atoms with Crippen molar-refractivity contribution in [3.63, 3.8) is 0 Å². The van der Waals surface area contributed by atoms with Crippen LogP contribution in [0.3, 0.4) is 0 Å². The van der Waals surface area contributed by atoms with Crippen molar-refractivity contribution in [1.82, 2.24) is 0 Å². The molecule has 0 radical (unpaired) electrons. The highest BCUT2D eigenvalue weighted by Gasteiger charge is 2.40. The van der Waals surface area contributed by atoms with Crippen LogP contribution in [0, 0.1) is 0 Å². The van der Waals surface area contributed by atoms with Crippen LogP contribution in [0.5, 0.6) is 0 Å². The molecule has 34 heavy (non-hydrogen) atoms. The van der Waals surface area contributed by atoms with Gasteiger partial charge in [0.25, 0.3) is 11.8 Å². The van der Waals surface area contributed by atoms with E-state index in [1.807, 2.05) is 0 Å². The summed E-state index contributed by atoms with van der Waals surface area (Å²) in [6, 6.07) is 18.9. The average Bonchev–Trinajstić information content (AvgIpc) is 3.03. The lowest BCUT2D eigenvalue weighted by molar-refractivity contribution is -0.137. The first-order chi connectivity index (χ1) is 16.1. The van der Waals surface area contributed by atoms with Crippen molar-refractivity contribution in [2.24, 2.45) is 0 Å². The molecule has 3 aromatic carbocycles. The quantitative estimate of drug-likeness (QED) is 0.517. The maximum absolute atomic E-state index is 13.4. The van der Waals surface area contributed by atoms with Crippen LogP contribution in [0.15, 0.2) is 84.6 Å². The fourth-order valence-corrected chi connectivity index (χ4v) is 3.57. The Hall–Kier alpha value is -4.40. The molecule has 0 fully saturated rings. The van der Waals surface area contributed by atoms with E-state index in [2.05, 4.69) is 10.6 Å². The summed E-state index contributed by atoms with van der Waals surface area (Å²) in [4.78, 5) is 38.9. The Kier molecular flexibility index (Phi) is 5.93. The van der Waals surface area contributed by atoms with Gasteiger partial charge in [0.05, 0.1) is 16.8 Å². The second-order valence-electron chi connectivity index (χ2n) is 7.49. The third-order valence-electron chi connectivity index (χ3n) is 5.05. The Bertz CT molecular complexity index is 1300. The Labute approximate surface area is 192 Å². The number of nitrogens with one attached hydrogen (secondary N) is 2. The molecule has 0 saturated heterocycles. The van der Waals surface area contributed by atoms with Gasteiger partial charge in [-0.2, -0.15) is 13.2 Å². The Balaban J connectivity index is 1.74. The van der Waals surface area contributed by atoms with Gasteiger partial charge < -0.3 is 10.6 Å². The van der Waals surface area contributed by atoms with E-state index in [-0.39, 0.29) is 28.6 Å². The van der Waals surface area contributed by atoms with Gasteiger partial charge >= 0.3 is 6.18 Å². The van der Waals surface area contributed by atoms with Crippen LogP contribution in [0.25, 0.3) is 5.57 Å². The highest BCUT2D eigenvalue weighted by atomic mass is 19.4. The molecule has 0 atom stereocenters. The van der Waals surface area contributed by atoms with Crippen molar-refractivity contribution >= 4 is 40.4 Å². The summed E-state index contributed by atoms with van der Waals surface area (Å²) in [6.45, 7) is 1.35. The van der Waals surface area contributed by atoms with Crippen molar-refractivity contribution in [2.45, 2.75) is 13.1 Å². The number of alkyl halides is 3. The number of anilines is 3. The molecule has 0 aromatic heterocycles. The van der Waals surface area contributed by atoms with Gasteiger partial charge in [-0.25, -0.2) is 4.90 Å². The minimum absolute atomic E-state index is 0.0160. The van der Waals surface area contributed by atoms with Crippen molar-refractivity contribution in [3.05, 3.63) is 95.7 Å². The lowest BCUT2D eigenvalue weighted by atomic mass is 10.0. The van der Waals surface area contributed by atoms with Gasteiger partial charge in [0.15, 0.2) is 0 Å². The van der Waals surface area contributed by atoms with Crippen LogP contribution in [-0.4, -0.2) is 17.7 Å². The molecule has 9 heteroatoms. The maximum atomic E-state index is 13.4. The number of carbonyl (C=O) groups excluding carboxylic acids is 3. The van der Waals surface area contributed by atoms with Crippen molar-refractivity contribution < 1.29 is 27.6 Å². The smallest absolute Gasteiger partial charge is 0.350 e. The number of benzene rings is 3. The molecule has 0 bridgehead atoms. The standard InChI is InChI=1S/C25H18F3N3O3/c1-15(32)29-18-10-12-20(13-11-18)31-23(33)21(16-6-3-2-4-7-16)22(24(31)34)30-19-9-5-8-17(14-19)25(26,27)28/h2-14,30H,1H3,(H,29,32). The molecule has 3 amide bonds. The van der Waals surface area contributed by atoms with Crippen LogP contribution in [0.1, 0.15) is 18.1 Å². The molecular weight excluding hydrogens is 447 g/mol. The van der Waals surface area contributed by atoms with Crippen molar-refractivity contribution in [3.8, 4) is 0 Å². The summed E-state index contributed by atoms with van der Waals surface area (Å²) in [5.74, 6) is -1.62. The molecule has 1 aliphatic heterocycles. The van der Waals surface area contributed by atoms with E-state index in [0.717, 1.165) is 17.0 Å². The molecule has 4 rings (SSSR count). The van der Waals surface area contributed by atoms with Crippen molar-refractivity contribution in [1.29, 1.82) is 0 Å². The summed E-state index contributed by atoms with van der Waals surface area (Å²) >= 11 is 0. The summed E-state index contributed by atoms with van der Waals surface area (Å²) in [7, 11) is 0. The lowest BCUT2D eigenvalue weighted by Crippen LogP contribution is -2.32. The maximum Gasteiger partial charge on any atom is 0.416 e. The van der Waals surface area contributed by atoms with E-state index in [4.69, 9.17) is 0 Å². The minimum Gasteiger partial charge on any atom is -0.350 e. The van der Waals surface area contributed by atoms with E-state index in [1.165, 1.54) is 43.3 Å². The molecule has 0 unspecified atom stereocenters. The number of rotatable bonds is 5. The van der Waals surface area contributed by atoms with Gasteiger partial charge in [-0.3, -0.25) is 14.4 Å². The zero-order valence-corrected chi connectivity index (χ0v) is 17.8. The second-order valence-corrected chi connectivity index (χ2v) is 7.49. The largest absolute Gasteiger partial charge is 0.416 e. The molecule has 172 valence electrons. The monoisotopic (exact) mass is 465 g/mol. The molecule has 1 heterocycles. The Morgan fingerprint density at radius 1 is 0.824 bits per heavy atom. The molecule has 0 saturated carbocycles. The minimum atomic E-state index is -4.56. The normalized spacial score (nSPS) is 13.9. The number of carbonyl (C=O) groups is 3. The van der Waals surface area contributed by atoms with Gasteiger partial charge in [-0.05, 0) is 48.0 Å². The molecule has 0 aliphatic carbocycles. The first-order valence-electron chi connectivity index (χ1n) is 10.2. The highest BCUT2D eigenvalue weighted by molar-refractivity contribution is 6.46. The van der Waals surface area contributed by atoms with Crippen LogP contribution < -0.4 is 15.5 Å². The summed E-state index contributed by atoms with van der Waals surface area (Å²) in [5, 5.41) is 5.33. The molecule has 2 N–H and O–H groups in total. The number of nitrogens with zero attached hydrogens (tertiary/aromatic N) is 1. The molecule has 1 aliphatic rings. The number of imide groups is 1. The van der Waals surface area contributed by atoms with Gasteiger partial charge in [0, 0.05) is 18.3 Å². The van der Waals surface area contributed by atoms with Crippen molar-refractivity contribution in [2.75, 3.05) is 15.5 Å². The van der Waals surface area contributed by atoms with E-state index in [9.17, 15) is 27.6 Å². The number of halogens is 3. The van der Waals surface area contributed by atoms with Crippen LogP contribution in [0.2, 0.25) is 0 Å².